The summed E-state index contributed by atoms with van der Waals surface area (Å²) in [6.07, 6.45) is 6.99. The highest BCUT2D eigenvalue weighted by atomic mass is 14.6. The third kappa shape index (κ3) is 3.44. The number of benzene rings is 1. The molecule has 1 aromatic carbocycles. The normalized spacial score (nSPS) is 20.7. The van der Waals surface area contributed by atoms with E-state index in [4.69, 9.17) is 5.73 Å². The Balaban J connectivity index is 2.05. The van der Waals surface area contributed by atoms with Gasteiger partial charge in [0, 0.05) is 6.04 Å². The Bertz CT molecular complexity index is 376. The summed E-state index contributed by atoms with van der Waals surface area (Å²) in [7, 11) is 0. The minimum absolute atomic E-state index is 0.426. The molecule has 0 spiro atoms. The van der Waals surface area contributed by atoms with Crippen molar-refractivity contribution in [2.75, 3.05) is 0 Å². The van der Waals surface area contributed by atoms with Gasteiger partial charge in [0.25, 0.3) is 0 Å². The van der Waals surface area contributed by atoms with Crippen LogP contribution in [0.5, 0.6) is 0 Å². The van der Waals surface area contributed by atoms with E-state index >= 15 is 0 Å². The van der Waals surface area contributed by atoms with Crippen molar-refractivity contribution in [2.45, 2.75) is 51.5 Å². The zero-order valence-corrected chi connectivity index (χ0v) is 10.9. The molecule has 0 amide bonds. The van der Waals surface area contributed by atoms with E-state index in [1.165, 1.54) is 24.0 Å². The van der Waals surface area contributed by atoms with Crippen LogP contribution in [-0.2, 0) is 0 Å². The second-order valence-electron chi connectivity index (χ2n) is 5.46. The maximum Gasteiger partial charge on any atom is 0.00449 e. The molecule has 2 N–H and O–H groups in total. The Hall–Kier alpha value is -1.08. The number of rotatable bonds is 2. The van der Waals surface area contributed by atoms with Crippen molar-refractivity contribution in [2.24, 2.45) is 5.73 Å². The number of nitrogens with two attached hydrogens (primary N) is 1. The fraction of sp³-hybridized carbons (Fsp3) is 0.500. The first-order chi connectivity index (χ1) is 8.15. The van der Waals surface area contributed by atoms with Gasteiger partial charge in [-0.05, 0) is 42.7 Å². The second-order valence-corrected chi connectivity index (χ2v) is 5.46. The summed E-state index contributed by atoms with van der Waals surface area (Å²) in [6.45, 7) is 4.46. The Morgan fingerprint density at radius 3 is 2.24 bits per heavy atom. The van der Waals surface area contributed by atoms with Crippen LogP contribution >= 0.6 is 0 Å². The van der Waals surface area contributed by atoms with E-state index in [0.717, 1.165) is 12.8 Å². The quantitative estimate of drug-likeness (QED) is 0.812. The van der Waals surface area contributed by atoms with Gasteiger partial charge in [-0.25, -0.2) is 0 Å². The third-order valence-corrected chi connectivity index (χ3v) is 3.65. The first kappa shape index (κ1) is 12.4. The van der Waals surface area contributed by atoms with Gasteiger partial charge in [0.05, 0.1) is 0 Å². The molecule has 1 heteroatoms. The lowest BCUT2D eigenvalue weighted by molar-refractivity contribution is 0.514. The summed E-state index contributed by atoms with van der Waals surface area (Å²) in [5.41, 5.74) is 10.2. The fourth-order valence-corrected chi connectivity index (χ4v) is 2.37. The lowest BCUT2D eigenvalue weighted by Gasteiger charge is -2.20. The highest BCUT2D eigenvalue weighted by Gasteiger charge is 2.12. The molecule has 1 saturated carbocycles. The first-order valence-electron chi connectivity index (χ1n) is 6.70. The molecule has 2 rings (SSSR count). The first-order valence-corrected chi connectivity index (χ1v) is 6.70. The highest BCUT2D eigenvalue weighted by molar-refractivity contribution is 5.53. The Labute approximate surface area is 105 Å². The summed E-state index contributed by atoms with van der Waals surface area (Å²) < 4.78 is 0. The predicted octanol–water partition coefficient (Wildman–Crippen LogP) is 4.09. The number of hydrogen-bond acceptors (Lipinski definition) is 1. The van der Waals surface area contributed by atoms with Gasteiger partial charge in [0.15, 0.2) is 0 Å². The van der Waals surface area contributed by atoms with Gasteiger partial charge in [-0.1, -0.05) is 49.8 Å². The summed E-state index contributed by atoms with van der Waals surface area (Å²) in [6, 6.07) is 9.38. The Morgan fingerprint density at radius 1 is 1.12 bits per heavy atom. The number of hydrogen-bond donors (Lipinski definition) is 1. The van der Waals surface area contributed by atoms with Gasteiger partial charge < -0.3 is 5.73 Å². The van der Waals surface area contributed by atoms with Crippen molar-refractivity contribution >= 4 is 6.08 Å². The van der Waals surface area contributed by atoms with Gasteiger partial charge in [-0.2, -0.15) is 0 Å². The maximum absolute atomic E-state index is 5.92. The van der Waals surface area contributed by atoms with Crippen LogP contribution in [0, 0.1) is 0 Å². The second kappa shape index (κ2) is 5.50. The molecule has 0 aliphatic heterocycles. The largest absolute Gasteiger partial charge is 0.328 e. The molecule has 1 aromatic rings. The Morgan fingerprint density at radius 2 is 1.71 bits per heavy atom. The van der Waals surface area contributed by atoms with Crippen molar-refractivity contribution < 1.29 is 0 Å². The minimum atomic E-state index is 0.426. The fourth-order valence-electron chi connectivity index (χ4n) is 2.37. The molecule has 0 aromatic heterocycles. The van der Waals surface area contributed by atoms with E-state index < -0.39 is 0 Å². The van der Waals surface area contributed by atoms with Crippen molar-refractivity contribution in [3.05, 3.63) is 41.0 Å². The highest BCUT2D eigenvalue weighted by Crippen LogP contribution is 2.25. The molecule has 0 atom stereocenters. The lowest BCUT2D eigenvalue weighted by atomic mass is 9.90. The molecule has 0 heterocycles. The zero-order valence-electron chi connectivity index (χ0n) is 10.9. The van der Waals surface area contributed by atoms with Gasteiger partial charge in [0.1, 0.15) is 0 Å². The van der Waals surface area contributed by atoms with E-state index in [0.29, 0.717) is 12.0 Å². The predicted molar refractivity (Wildman–Crippen MR) is 75.0 cm³/mol. The third-order valence-electron chi connectivity index (χ3n) is 3.65. The van der Waals surface area contributed by atoms with E-state index in [-0.39, 0.29) is 0 Å². The monoisotopic (exact) mass is 229 g/mol. The van der Waals surface area contributed by atoms with Crippen LogP contribution in [0.2, 0.25) is 0 Å². The summed E-state index contributed by atoms with van der Waals surface area (Å²) in [5.74, 6) is 0.615. The molecule has 1 fully saturated rings. The summed E-state index contributed by atoms with van der Waals surface area (Å²) >= 11 is 0. The molecule has 1 nitrogen and oxygen atoms in total. The van der Waals surface area contributed by atoms with E-state index in [9.17, 15) is 0 Å². The average Bonchev–Trinajstić information content (AvgIpc) is 2.33. The lowest BCUT2D eigenvalue weighted by Crippen LogP contribution is -2.23. The van der Waals surface area contributed by atoms with Crippen molar-refractivity contribution in [3.8, 4) is 0 Å². The van der Waals surface area contributed by atoms with Crippen molar-refractivity contribution in [3.63, 3.8) is 0 Å². The molecule has 0 unspecified atom stereocenters. The topological polar surface area (TPSA) is 26.0 Å². The van der Waals surface area contributed by atoms with Crippen LogP contribution in [0.4, 0.5) is 0 Å². The van der Waals surface area contributed by atoms with Gasteiger partial charge in [-0.3, -0.25) is 0 Å². The van der Waals surface area contributed by atoms with Crippen molar-refractivity contribution in [1.82, 2.24) is 0 Å². The summed E-state index contributed by atoms with van der Waals surface area (Å²) in [5, 5.41) is 0. The van der Waals surface area contributed by atoms with Crippen LogP contribution in [-0.4, -0.2) is 6.04 Å². The number of allylic oxidation sites excluding steroid dienone is 1. The maximum atomic E-state index is 5.92. The van der Waals surface area contributed by atoms with Crippen LogP contribution in [0.1, 0.15) is 56.6 Å². The molecule has 17 heavy (non-hydrogen) atoms. The van der Waals surface area contributed by atoms with Crippen LogP contribution in [0.3, 0.4) is 0 Å². The van der Waals surface area contributed by atoms with Crippen molar-refractivity contribution in [1.29, 1.82) is 0 Å². The van der Waals surface area contributed by atoms with Gasteiger partial charge in [-0.15, -0.1) is 0 Å². The van der Waals surface area contributed by atoms with E-state index in [2.05, 4.69) is 44.2 Å². The minimum Gasteiger partial charge on any atom is -0.328 e. The van der Waals surface area contributed by atoms with E-state index in [1.807, 2.05) is 0 Å². The Kier molecular flexibility index (Phi) is 4.01. The molecule has 92 valence electrons. The average molecular weight is 229 g/mol. The molecule has 0 radical (unpaired) electrons. The molecular formula is C16H23N. The molecule has 1 aliphatic carbocycles. The van der Waals surface area contributed by atoms with Crippen LogP contribution in [0.25, 0.3) is 6.08 Å². The SMILES string of the molecule is CC(C)c1ccc(C=C2CCC(N)CC2)cc1. The molecule has 1 aliphatic rings. The van der Waals surface area contributed by atoms with Gasteiger partial charge in [0.2, 0.25) is 0 Å². The standard InChI is InChI=1S/C16H23N/c1-12(2)15-7-3-13(4-8-15)11-14-5-9-16(17)10-6-14/h3-4,7-8,11-12,16H,5-6,9-10,17H2,1-2H3. The molecule has 0 bridgehead atoms. The summed E-state index contributed by atoms with van der Waals surface area (Å²) in [4.78, 5) is 0. The van der Waals surface area contributed by atoms with Gasteiger partial charge >= 0.3 is 0 Å². The smallest absolute Gasteiger partial charge is 0.00449 e. The molecule has 0 saturated heterocycles. The van der Waals surface area contributed by atoms with Crippen LogP contribution < -0.4 is 5.73 Å². The molecular weight excluding hydrogens is 206 g/mol. The van der Waals surface area contributed by atoms with E-state index in [1.54, 1.807) is 5.57 Å². The van der Waals surface area contributed by atoms with Crippen LogP contribution in [0.15, 0.2) is 29.8 Å². The zero-order chi connectivity index (χ0) is 12.3.